The average Bonchev–Trinajstić information content (AvgIpc) is 2.43. The van der Waals surface area contributed by atoms with Crippen LogP contribution >= 0.6 is 0 Å². The van der Waals surface area contributed by atoms with E-state index in [4.69, 9.17) is 9.16 Å². The maximum absolute atomic E-state index is 12.2. The summed E-state index contributed by atoms with van der Waals surface area (Å²) in [4.78, 5) is 12.2. The van der Waals surface area contributed by atoms with Crippen molar-refractivity contribution in [2.24, 2.45) is 5.92 Å². The van der Waals surface area contributed by atoms with Crippen molar-refractivity contribution in [3.8, 4) is 0 Å². The van der Waals surface area contributed by atoms with E-state index in [1.807, 2.05) is 18.2 Å². The van der Waals surface area contributed by atoms with Gasteiger partial charge in [0, 0.05) is 0 Å². The number of methoxy groups -OCH3 is 1. The molecule has 0 radical (unpaired) electrons. The Kier molecular flexibility index (Phi) is 4.55. The van der Waals surface area contributed by atoms with Gasteiger partial charge in [0.15, 0.2) is 8.32 Å². The number of carbonyl (C=O) groups excluding carboxylic acids is 1. The monoisotopic (exact) mass is 320 g/mol. The van der Waals surface area contributed by atoms with Gasteiger partial charge in [0.2, 0.25) is 0 Å². The number of carbonyl (C=O) groups is 1. The fraction of sp³-hybridized carbons (Fsp3) is 0.611. The van der Waals surface area contributed by atoms with Crippen LogP contribution in [0, 0.1) is 5.92 Å². The van der Waals surface area contributed by atoms with Crippen molar-refractivity contribution < 1.29 is 14.0 Å². The molecule has 1 saturated carbocycles. The summed E-state index contributed by atoms with van der Waals surface area (Å²) in [6.45, 7) is 11.2. The van der Waals surface area contributed by atoms with Crippen LogP contribution in [-0.4, -0.2) is 21.4 Å². The van der Waals surface area contributed by atoms with Crippen LogP contribution in [0.15, 0.2) is 30.3 Å². The normalized spacial score (nSPS) is 25.5. The van der Waals surface area contributed by atoms with Gasteiger partial charge < -0.3 is 9.16 Å². The van der Waals surface area contributed by atoms with Crippen molar-refractivity contribution in [1.82, 2.24) is 0 Å². The molecule has 2 atom stereocenters. The summed E-state index contributed by atoms with van der Waals surface area (Å²) < 4.78 is 11.8. The number of hydrogen-bond acceptors (Lipinski definition) is 3. The summed E-state index contributed by atoms with van der Waals surface area (Å²) in [7, 11) is -0.540. The highest BCUT2D eigenvalue weighted by Gasteiger charge is 2.57. The lowest BCUT2D eigenvalue weighted by Crippen LogP contribution is -2.58. The van der Waals surface area contributed by atoms with E-state index in [0.29, 0.717) is 0 Å². The average molecular weight is 321 g/mol. The summed E-state index contributed by atoms with van der Waals surface area (Å²) in [5, 5.41) is 0.102. The van der Waals surface area contributed by atoms with Crippen molar-refractivity contribution in [2.75, 3.05) is 7.11 Å². The molecule has 1 aromatic carbocycles. The van der Waals surface area contributed by atoms with Crippen molar-refractivity contribution in [1.29, 1.82) is 0 Å². The maximum Gasteiger partial charge on any atom is 0.311 e. The van der Waals surface area contributed by atoms with Gasteiger partial charge in [0.05, 0.1) is 18.6 Å². The Balaban J connectivity index is 2.43. The van der Waals surface area contributed by atoms with E-state index in [2.05, 4.69) is 46.0 Å². The highest BCUT2D eigenvalue weighted by Crippen LogP contribution is 2.54. The Hall–Kier alpha value is -1.13. The molecule has 1 aliphatic rings. The van der Waals surface area contributed by atoms with Crippen LogP contribution in [0.3, 0.4) is 0 Å². The van der Waals surface area contributed by atoms with Crippen LogP contribution in [0.25, 0.3) is 0 Å². The first-order valence-electron chi connectivity index (χ1n) is 7.97. The summed E-state index contributed by atoms with van der Waals surface area (Å²) in [5.41, 5.74) is 0.582. The van der Waals surface area contributed by atoms with E-state index >= 15 is 0 Å². The molecule has 0 saturated heterocycles. The molecule has 0 N–H and O–H groups in total. The van der Waals surface area contributed by atoms with Gasteiger partial charge in [-0.15, -0.1) is 0 Å². The zero-order valence-electron chi connectivity index (χ0n) is 14.6. The fourth-order valence-corrected chi connectivity index (χ4v) is 4.44. The van der Waals surface area contributed by atoms with Gasteiger partial charge in [-0.1, -0.05) is 51.1 Å². The van der Waals surface area contributed by atoms with Gasteiger partial charge in [0.1, 0.15) is 0 Å². The van der Waals surface area contributed by atoms with Crippen LogP contribution < -0.4 is 0 Å². The third-order valence-corrected chi connectivity index (χ3v) is 9.85. The lowest BCUT2D eigenvalue weighted by atomic mass is 9.65. The van der Waals surface area contributed by atoms with Gasteiger partial charge in [-0.05, 0) is 36.5 Å². The maximum atomic E-state index is 12.2. The Morgan fingerprint density at radius 1 is 1.23 bits per heavy atom. The Bertz CT molecular complexity index is 533. The predicted octanol–water partition coefficient (Wildman–Crippen LogP) is 4.49. The van der Waals surface area contributed by atoms with E-state index in [-0.39, 0.29) is 16.9 Å². The van der Waals surface area contributed by atoms with Crippen molar-refractivity contribution in [2.45, 2.75) is 57.3 Å². The van der Waals surface area contributed by atoms with Crippen molar-refractivity contribution in [3.63, 3.8) is 0 Å². The molecule has 0 bridgehead atoms. The standard InChI is InChI=1S/C18H28O3Si/c1-17(2,3)22(5,6)21-18(14-10-8-7-9-11-14)13-12-15(18)16(19)20-4/h7-11,15H,12-13H2,1-6H3/t15-,18-/m1/s1. The highest BCUT2D eigenvalue weighted by molar-refractivity contribution is 6.74. The molecular formula is C18H28O3Si. The molecule has 0 heterocycles. The second-order valence-electron chi connectivity index (χ2n) is 7.73. The minimum absolute atomic E-state index is 0.102. The molecule has 1 aromatic rings. The molecule has 22 heavy (non-hydrogen) atoms. The molecule has 4 heteroatoms. The Morgan fingerprint density at radius 3 is 2.23 bits per heavy atom. The molecule has 1 aliphatic carbocycles. The highest BCUT2D eigenvalue weighted by atomic mass is 28.4. The largest absolute Gasteiger partial charge is 0.469 e. The van der Waals surface area contributed by atoms with Crippen LogP contribution in [-0.2, 0) is 19.6 Å². The Morgan fingerprint density at radius 2 is 1.82 bits per heavy atom. The fourth-order valence-electron chi connectivity index (χ4n) is 2.86. The van der Waals surface area contributed by atoms with Crippen molar-refractivity contribution >= 4 is 14.3 Å². The van der Waals surface area contributed by atoms with E-state index in [1.165, 1.54) is 7.11 Å². The van der Waals surface area contributed by atoms with Crippen molar-refractivity contribution in [3.05, 3.63) is 35.9 Å². The SMILES string of the molecule is COC(=O)[C@H]1CC[C@@]1(O[Si](C)(C)C(C)(C)C)c1ccccc1. The first kappa shape index (κ1) is 17.2. The lowest BCUT2D eigenvalue weighted by molar-refractivity contribution is -0.169. The number of benzene rings is 1. The molecule has 122 valence electrons. The van der Waals surface area contributed by atoms with E-state index in [0.717, 1.165) is 18.4 Å². The molecule has 3 nitrogen and oxygen atoms in total. The first-order chi connectivity index (χ1) is 10.1. The molecule has 2 rings (SSSR count). The minimum atomic E-state index is -2.00. The number of ether oxygens (including phenoxy) is 1. The van der Waals surface area contributed by atoms with Crippen LogP contribution in [0.4, 0.5) is 0 Å². The van der Waals surface area contributed by atoms with Crippen LogP contribution in [0.5, 0.6) is 0 Å². The molecule has 0 amide bonds. The number of hydrogen-bond donors (Lipinski definition) is 0. The third kappa shape index (κ3) is 2.86. The molecule has 0 unspecified atom stereocenters. The first-order valence-corrected chi connectivity index (χ1v) is 10.9. The lowest BCUT2D eigenvalue weighted by Gasteiger charge is -2.54. The number of esters is 1. The molecule has 0 spiro atoms. The summed E-state index contributed by atoms with van der Waals surface area (Å²) in [6, 6.07) is 10.2. The zero-order chi connectivity index (χ0) is 16.6. The predicted molar refractivity (Wildman–Crippen MR) is 91.1 cm³/mol. The van der Waals surface area contributed by atoms with Gasteiger partial charge >= 0.3 is 5.97 Å². The van der Waals surface area contributed by atoms with Crippen LogP contribution in [0.2, 0.25) is 18.1 Å². The smallest absolute Gasteiger partial charge is 0.311 e. The molecule has 1 fully saturated rings. The van der Waals surface area contributed by atoms with E-state index in [1.54, 1.807) is 0 Å². The summed E-state index contributed by atoms with van der Waals surface area (Å²) in [5.74, 6) is -0.358. The second-order valence-corrected chi connectivity index (χ2v) is 12.5. The Labute approximate surface area is 135 Å². The van der Waals surface area contributed by atoms with Gasteiger partial charge in [-0.2, -0.15) is 0 Å². The number of rotatable bonds is 4. The zero-order valence-corrected chi connectivity index (χ0v) is 15.6. The van der Waals surface area contributed by atoms with Gasteiger partial charge in [-0.25, -0.2) is 0 Å². The van der Waals surface area contributed by atoms with Crippen LogP contribution in [0.1, 0.15) is 39.2 Å². The summed E-state index contributed by atoms with van der Waals surface area (Å²) in [6.07, 6.45) is 1.71. The topological polar surface area (TPSA) is 35.5 Å². The van der Waals surface area contributed by atoms with E-state index in [9.17, 15) is 4.79 Å². The minimum Gasteiger partial charge on any atom is -0.469 e. The molecule has 0 aliphatic heterocycles. The molecular weight excluding hydrogens is 292 g/mol. The quantitative estimate of drug-likeness (QED) is 0.606. The third-order valence-electron chi connectivity index (χ3n) is 5.36. The van der Waals surface area contributed by atoms with E-state index < -0.39 is 13.9 Å². The second kappa shape index (κ2) is 5.82. The van der Waals surface area contributed by atoms with Gasteiger partial charge in [0.25, 0.3) is 0 Å². The van der Waals surface area contributed by atoms with Gasteiger partial charge in [-0.3, -0.25) is 4.79 Å². The molecule has 0 aromatic heterocycles. The summed E-state index contributed by atoms with van der Waals surface area (Å²) >= 11 is 0.